The third-order valence-electron chi connectivity index (χ3n) is 7.09. The molecular formula is C21H28N4O3. The molecule has 7 heteroatoms. The number of nitrogens with zero attached hydrogens (tertiary/aromatic N) is 4. The number of piperidine rings is 3. The topological polar surface area (TPSA) is 75.5 Å². The molecule has 5 rings (SSSR count). The fourth-order valence-electron chi connectivity index (χ4n) is 5.76. The van der Waals surface area contributed by atoms with Gasteiger partial charge in [0.1, 0.15) is 6.54 Å². The van der Waals surface area contributed by atoms with Crippen molar-refractivity contribution >= 4 is 11.8 Å². The summed E-state index contributed by atoms with van der Waals surface area (Å²) in [4.78, 5) is 41.7. The Morgan fingerprint density at radius 3 is 2.82 bits per heavy atom. The fraction of sp³-hybridized carbons (Fsp3) is 0.714. The van der Waals surface area contributed by atoms with Crippen LogP contribution >= 0.6 is 0 Å². The first-order valence-corrected chi connectivity index (χ1v) is 10.8. The number of likely N-dealkylation sites (tertiary alicyclic amines) is 1. The molecule has 2 amide bonds. The van der Waals surface area contributed by atoms with Gasteiger partial charge in [-0.1, -0.05) is 0 Å². The Bertz CT molecular complexity index is 864. The first kappa shape index (κ1) is 17.9. The second-order valence-electron chi connectivity index (χ2n) is 8.99. The molecule has 150 valence electrons. The number of rotatable bonds is 2. The van der Waals surface area contributed by atoms with Crippen LogP contribution in [0.25, 0.3) is 0 Å². The summed E-state index contributed by atoms with van der Waals surface area (Å²) in [5.41, 5.74) is 1.86. The predicted molar refractivity (Wildman–Crippen MR) is 103 cm³/mol. The minimum atomic E-state index is -0.171. The Morgan fingerprint density at radius 2 is 1.93 bits per heavy atom. The summed E-state index contributed by atoms with van der Waals surface area (Å²) >= 11 is 0. The minimum Gasteiger partial charge on any atom is -0.340 e. The van der Waals surface area contributed by atoms with Gasteiger partial charge in [0.25, 0.3) is 5.56 Å². The van der Waals surface area contributed by atoms with E-state index in [1.807, 2.05) is 4.90 Å². The van der Waals surface area contributed by atoms with Crippen LogP contribution in [0.2, 0.25) is 0 Å². The van der Waals surface area contributed by atoms with E-state index < -0.39 is 0 Å². The van der Waals surface area contributed by atoms with E-state index in [9.17, 15) is 14.4 Å². The van der Waals surface area contributed by atoms with Gasteiger partial charge >= 0.3 is 0 Å². The normalized spacial score (nSPS) is 29.3. The van der Waals surface area contributed by atoms with Gasteiger partial charge < -0.3 is 9.80 Å². The Labute approximate surface area is 164 Å². The summed E-state index contributed by atoms with van der Waals surface area (Å²) in [6.45, 7) is 2.19. The largest absolute Gasteiger partial charge is 0.340 e. The Balaban J connectivity index is 1.31. The molecule has 3 fully saturated rings. The molecule has 3 atom stereocenters. The summed E-state index contributed by atoms with van der Waals surface area (Å²) in [6, 6.07) is 1.96. The molecule has 1 aromatic rings. The Hall–Kier alpha value is -2.18. The van der Waals surface area contributed by atoms with Gasteiger partial charge in [-0.25, -0.2) is 4.68 Å². The van der Waals surface area contributed by atoms with Crippen LogP contribution in [-0.4, -0.2) is 57.1 Å². The molecule has 0 aromatic carbocycles. The van der Waals surface area contributed by atoms with Crippen LogP contribution in [0.5, 0.6) is 0 Å². The number of fused-ring (bicyclic) bond motifs is 5. The third kappa shape index (κ3) is 3.14. The second-order valence-corrected chi connectivity index (χ2v) is 8.99. The van der Waals surface area contributed by atoms with Gasteiger partial charge in [0.2, 0.25) is 11.8 Å². The van der Waals surface area contributed by atoms with Crippen LogP contribution in [0, 0.1) is 11.8 Å². The maximum atomic E-state index is 13.0. The Morgan fingerprint density at radius 1 is 1.07 bits per heavy atom. The number of aromatic nitrogens is 2. The van der Waals surface area contributed by atoms with E-state index in [4.69, 9.17) is 0 Å². The third-order valence-corrected chi connectivity index (χ3v) is 7.09. The molecule has 1 aliphatic carbocycles. The van der Waals surface area contributed by atoms with E-state index in [0.717, 1.165) is 62.7 Å². The molecule has 0 spiro atoms. The maximum Gasteiger partial charge on any atom is 0.267 e. The first-order chi connectivity index (χ1) is 13.6. The molecule has 0 radical (unpaired) electrons. The number of hydrogen-bond acceptors (Lipinski definition) is 4. The monoisotopic (exact) mass is 384 g/mol. The van der Waals surface area contributed by atoms with E-state index >= 15 is 0 Å². The fourth-order valence-corrected chi connectivity index (χ4v) is 5.76. The summed E-state index contributed by atoms with van der Waals surface area (Å²) in [5, 5.41) is 4.50. The molecule has 0 saturated carbocycles. The molecule has 3 saturated heterocycles. The number of carbonyl (C=O) groups excluding carboxylic acids is 2. The van der Waals surface area contributed by atoms with Crippen molar-refractivity contribution in [1.29, 1.82) is 0 Å². The molecule has 4 heterocycles. The highest BCUT2D eigenvalue weighted by Gasteiger charge is 2.44. The van der Waals surface area contributed by atoms with E-state index in [0.29, 0.717) is 31.3 Å². The highest BCUT2D eigenvalue weighted by Crippen LogP contribution is 2.37. The van der Waals surface area contributed by atoms with Crippen LogP contribution in [0.3, 0.4) is 0 Å². The maximum absolute atomic E-state index is 13.0. The SMILES string of the molecule is O=C(Cn1nc2c(cc1=O)CCCC2)N1CC2CC(C1)C1CCCC(=O)N1C2. The van der Waals surface area contributed by atoms with Crippen molar-refractivity contribution in [1.82, 2.24) is 19.6 Å². The second kappa shape index (κ2) is 7.01. The van der Waals surface area contributed by atoms with Gasteiger partial charge in [0.15, 0.2) is 0 Å². The van der Waals surface area contributed by atoms with Crippen molar-refractivity contribution in [2.45, 2.75) is 64.0 Å². The zero-order chi connectivity index (χ0) is 19.3. The molecule has 7 nitrogen and oxygen atoms in total. The summed E-state index contributed by atoms with van der Waals surface area (Å²) in [5.74, 6) is 0.995. The van der Waals surface area contributed by atoms with Gasteiger partial charge in [0.05, 0.1) is 5.69 Å². The van der Waals surface area contributed by atoms with Gasteiger partial charge in [-0.3, -0.25) is 14.4 Å². The van der Waals surface area contributed by atoms with Gasteiger partial charge in [-0.15, -0.1) is 0 Å². The van der Waals surface area contributed by atoms with Gasteiger partial charge in [0, 0.05) is 38.2 Å². The van der Waals surface area contributed by atoms with Crippen molar-refractivity contribution < 1.29 is 9.59 Å². The van der Waals surface area contributed by atoms with Crippen molar-refractivity contribution in [3.63, 3.8) is 0 Å². The zero-order valence-electron chi connectivity index (χ0n) is 16.3. The van der Waals surface area contributed by atoms with E-state index in [-0.39, 0.29) is 30.0 Å². The minimum absolute atomic E-state index is 0.0179. The number of aryl methyl sites for hydroxylation is 2. The number of amides is 2. The highest BCUT2D eigenvalue weighted by molar-refractivity contribution is 5.78. The molecule has 2 bridgehead atoms. The summed E-state index contributed by atoms with van der Waals surface area (Å²) in [6.07, 6.45) is 7.80. The van der Waals surface area contributed by atoms with E-state index in [1.54, 1.807) is 6.07 Å². The van der Waals surface area contributed by atoms with Crippen molar-refractivity contribution in [2.24, 2.45) is 11.8 Å². The Kier molecular flexibility index (Phi) is 4.48. The zero-order valence-corrected chi connectivity index (χ0v) is 16.3. The molecule has 28 heavy (non-hydrogen) atoms. The van der Waals surface area contributed by atoms with Crippen molar-refractivity contribution in [2.75, 3.05) is 19.6 Å². The lowest BCUT2D eigenvalue weighted by Crippen LogP contribution is -2.61. The van der Waals surface area contributed by atoms with E-state index in [1.165, 1.54) is 4.68 Å². The summed E-state index contributed by atoms with van der Waals surface area (Å²) < 4.78 is 1.35. The molecule has 3 unspecified atom stereocenters. The van der Waals surface area contributed by atoms with Crippen LogP contribution in [0.15, 0.2) is 10.9 Å². The standard InChI is InChI=1S/C21H28N4O3/c26-19-7-3-6-18-16-8-14(11-24(18)19)10-23(12-16)21(28)13-25-20(27)9-15-4-1-2-5-17(15)22-25/h9,14,16,18H,1-8,10-13H2. The van der Waals surface area contributed by atoms with Crippen molar-refractivity contribution in [3.05, 3.63) is 27.7 Å². The lowest BCUT2D eigenvalue weighted by atomic mass is 9.76. The average molecular weight is 384 g/mol. The first-order valence-electron chi connectivity index (χ1n) is 10.8. The highest BCUT2D eigenvalue weighted by atomic mass is 16.2. The predicted octanol–water partition coefficient (Wildman–Crippen LogP) is 0.982. The molecule has 3 aliphatic heterocycles. The van der Waals surface area contributed by atoms with Crippen LogP contribution in [-0.2, 0) is 29.0 Å². The lowest BCUT2D eigenvalue weighted by Gasteiger charge is -2.52. The van der Waals surface area contributed by atoms with Gasteiger partial charge in [-0.05, 0) is 62.3 Å². The van der Waals surface area contributed by atoms with Crippen LogP contribution in [0.4, 0.5) is 0 Å². The van der Waals surface area contributed by atoms with Gasteiger partial charge in [-0.2, -0.15) is 5.10 Å². The van der Waals surface area contributed by atoms with E-state index in [2.05, 4.69) is 10.00 Å². The van der Waals surface area contributed by atoms with Crippen LogP contribution in [0.1, 0.15) is 49.8 Å². The molecule has 4 aliphatic rings. The quantitative estimate of drug-likeness (QED) is 0.762. The smallest absolute Gasteiger partial charge is 0.267 e. The number of hydrogen-bond donors (Lipinski definition) is 0. The number of carbonyl (C=O) groups is 2. The average Bonchev–Trinajstić information content (AvgIpc) is 2.69. The molecule has 1 aromatic heterocycles. The molecular weight excluding hydrogens is 356 g/mol. The molecule has 0 N–H and O–H groups in total. The lowest BCUT2D eigenvalue weighted by molar-refractivity contribution is -0.149. The summed E-state index contributed by atoms with van der Waals surface area (Å²) in [7, 11) is 0. The van der Waals surface area contributed by atoms with Crippen LogP contribution < -0.4 is 5.56 Å². The van der Waals surface area contributed by atoms with Crippen molar-refractivity contribution in [3.8, 4) is 0 Å².